The number of aryl methyl sites for hydroxylation is 9. The zero-order chi connectivity index (χ0) is 89.3. The molecule has 33 heteroatoms. The van der Waals surface area contributed by atoms with Gasteiger partial charge in [0.1, 0.15) is 34.5 Å². The summed E-state index contributed by atoms with van der Waals surface area (Å²) in [6.45, 7) is 25.9. The molecule has 3 N–H and O–H groups in total. The van der Waals surface area contributed by atoms with Gasteiger partial charge in [0.25, 0.3) is 0 Å². The quantitative estimate of drug-likeness (QED) is 0.0456. The monoisotopic (exact) mass is 2250 g/mol. The molecule has 0 aliphatic rings. The van der Waals surface area contributed by atoms with E-state index in [0.29, 0.717) is 0 Å². The van der Waals surface area contributed by atoms with Crippen LogP contribution in [0, 0.1) is 62.3 Å². The number of methoxy groups -OCH3 is 6. The van der Waals surface area contributed by atoms with Gasteiger partial charge >= 0.3 is 0 Å². The van der Waals surface area contributed by atoms with Crippen molar-refractivity contribution in [2.45, 2.75) is 83.1 Å². The average Bonchev–Trinajstić information content (AvgIpc) is 1.59. The molecule has 6 radical (unpaired) electrons. The first-order chi connectivity index (χ1) is 60.0. The number of thiophene rings is 12. The van der Waals surface area contributed by atoms with Gasteiger partial charge in [-0.15, -0.1) is 136 Å². The van der Waals surface area contributed by atoms with Crippen molar-refractivity contribution in [1.82, 2.24) is 0 Å². The number of hydrogen-bond donors (Lipinski definition) is 3. The maximum atomic E-state index is 5.94. The summed E-state index contributed by atoms with van der Waals surface area (Å²) in [5, 5.41) is 0. The van der Waals surface area contributed by atoms with Crippen molar-refractivity contribution in [2.75, 3.05) is 42.7 Å². The van der Waals surface area contributed by atoms with Gasteiger partial charge in [-0.1, -0.05) is 63.2 Å². The fourth-order valence-electron chi connectivity index (χ4n) is 13.1. The molecule has 15 aromatic rings. The summed E-state index contributed by atoms with van der Waals surface area (Å²) in [5.41, 5.74) is 14.2. The molecule has 12 aromatic heterocycles. The van der Waals surface area contributed by atoms with Gasteiger partial charge in [0.15, 0.2) is 0 Å². The van der Waals surface area contributed by atoms with Crippen molar-refractivity contribution in [3.8, 4) is 113 Å². The molecule has 9 nitrogen and oxygen atoms in total. The number of hydrogen-bond acceptors (Lipinski definition) is 21. The Hall–Kier alpha value is -2.47. The molecule has 0 aliphatic heterocycles. The Balaban J connectivity index is 0.000000375. The molecule has 662 valence electrons. The van der Waals surface area contributed by atoms with Gasteiger partial charge in [0.2, 0.25) is 4.29 Å². The van der Waals surface area contributed by atoms with Crippen LogP contribution in [0.15, 0.2) is 152 Å². The summed E-state index contributed by atoms with van der Waals surface area (Å²) in [6, 6.07) is 48.3. The summed E-state index contributed by atoms with van der Waals surface area (Å²) in [6.07, 6.45) is 24.9. The first-order valence-corrected chi connectivity index (χ1v) is 55.8. The molecule has 0 aliphatic carbocycles. The second kappa shape index (κ2) is 58.2. The zero-order valence-electron chi connectivity index (χ0n) is 76.1. The van der Waals surface area contributed by atoms with Crippen LogP contribution in [0.5, 0.6) is 34.5 Å². The van der Waals surface area contributed by atoms with Crippen molar-refractivity contribution in [2.24, 2.45) is 0 Å². The molecule has 127 heavy (non-hydrogen) atoms. The van der Waals surface area contributed by atoms with Gasteiger partial charge in [0.05, 0.1) is 42.7 Å². The van der Waals surface area contributed by atoms with Crippen LogP contribution in [0.2, 0.25) is 0 Å². The Morgan fingerprint density at radius 2 is 0.528 bits per heavy atom. The SMILES string of the molecule is C/C=C/c1cc(OC)c(/C=C/c2cc(C)c(-c3ccc(-c4ccc(-c5sc(C)cc5C)s4)s3)s2)cc1OC.C/C=C/c1cc(OC)c(/C=C/c2ccc(-c3sc(-c4cc(C)c(-c5ccc(C)s5)s4)cc3C)s2)cc1OC.C/C=C/c1cc(OC)c(/C=C/c2ccc(-c3sc4c(C)c(-c5ccc(C)s5)sc4c3C)s2)cc1OC.[3H]OPP.[3H]OPP.[3H]OPP.[V].[V].[V].[V].[V].[V]. The van der Waals surface area contributed by atoms with Crippen LogP contribution in [-0.2, 0) is 111 Å². The number of benzene rings is 3. The second-order valence-electron chi connectivity index (χ2n) is 27.0. The minimum atomic E-state index is 0. The molecule has 6 atom stereocenters. The molecular weight excluding hydrogens is 2150 g/mol. The maximum absolute atomic E-state index is 5.94. The van der Waals surface area contributed by atoms with E-state index in [1.54, 1.807) is 42.7 Å². The second-order valence-corrected chi connectivity index (χ2v) is 43.2. The minimum absolute atomic E-state index is 0. The zero-order valence-corrected chi connectivity index (χ0v) is 97.8. The van der Waals surface area contributed by atoms with E-state index in [1.165, 1.54) is 150 Å². The van der Waals surface area contributed by atoms with Gasteiger partial charge in [-0.05, 0) is 286 Å². The number of ether oxygens (including phenoxy) is 6. The van der Waals surface area contributed by atoms with E-state index in [1.807, 2.05) is 230 Å². The van der Waals surface area contributed by atoms with Crippen LogP contribution in [0.1, 0.15) is 117 Å². The van der Waals surface area contributed by atoms with Crippen molar-refractivity contribution in [1.29, 1.82) is 4.29 Å². The molecule has 12 heterocycles. The van der Waals surface area contributed by atoms with Crippen molar-refractivity contribution in [3.63, 3.8) is 0 Å². The van der Waals surface area contributed by atoms with Gasteiger partial charge < -0.3 is 43.1 Å². The van der Waals surface area contributed by atoms with Crippen molar-refractivity contribution >= 4 is 252 Å². The van der Waals surface area contributed by atoms with E-state index < -0.39 is 0 Å². The molecule has 0 amide bonds. The molecule has 0 saturated carbocycles. The summed E-state index contributed by atoms with van der Waals surface area (Å²) in [4.78, 5) is 40.7. The molecule has 0 saturated heterocycles. The van der Waals surface area contributed by atoms with Gasteiger partial charge in [-0.2, -0.15) is 0 Å². The molecule has 3 aromatic carbocycles. The fourth-order valence-corrected chi connectivity index (χ4v) is 27.1. The van der Waals surface area contributed by atoms with E-state index >= 15 is 0 Å². The van der Waals surface area contributed by atoms with Crippen LogP contribution in [0.25, 0.3) is 142 Å². The summed E-state index contributed by atoms with van der Waals surface area (Å²) in [5.74, 6) is 4.99. The average molecular weight is 2260 g/mol. The van der Waals surface area contributed by atoms with E-state index in [2.05, 4.69) is 237 Å². The fraction of sp³-hybridized carbons (Fsp3) is 0.191. The van der Waals surface area contributed by atoms with Gasteiger partial charge in [-0.25, -0.2) is 0 Å². The Bertz CT molecular complexity index is 6240. The van der Waals surface area contributed by atoms with E-state index in [4.69, 9.17) is 32.7 Å². The van der Waals surface area contributed by atoms with Crippen molar-refractivity contribution in [3.05, 3.63) is 248 Å². The molecule has 0 fully saturated rings. The van der Waals surface area contributed by atoms with E-state index in [0.717, 1.165) is 67.9 Å². The smallest absolute Gasteiger partial charge is 0.215 e. The Morgan fingerprint density at radius 1 is 0.260 bits per heavy atom. The van der Waals surface area contributed by atoms with Crippen molar-refractivity contribution < 1.29 is 154 Å². The van der Waals surface area contributed by atoms with Gasteiger partial charge in [-0.3, -0.25) is 0 Å². The largest absolute Gasteiger partial charge is 0.496 e. The number of rotatable bonds is 26. The molecule has 15 rings (SSSR count). The van der Waals surface area contributed by atoms with Crippen LogP contribution in [-0.4, -0.2) is 61.6 Å². The standard InChI is InChI=1S/2C32H30O2S4.C30H28O2S4.3H4OP2.6V/c1-7-8-22-17-26(34-6)23(18-25(22)33-5)10-11-24-12-14-28(36-24)32-20(3)16-30(38-32)29-15-19(2)31(37-29)27-13-9-21(4)35-27;1-7-8-22-17-26(34-6)23(18-25(22)33-5)9-10-24-16-20(3)32(36-24)30-14-12-28(38-30)27-11-13-29(37-27)31-19(2)15-21(4)35-31;1-7-8-20-15-24(32-6)21(16-23(20)31-5)10-11-22-12-14-26(34-22)28-19(4)30-29(36-28)18(3)27(35-30)25-13-9-17(2)33-25;3*1-3-2;;;;;;/h2*7-18H,1-6H3;7-16H,1-6H3;3*1,3H,2H2;;;;;;/b8-7+,11-10+;8-7+,10-9+;8-7+,11-10+;;;;;;;;;/i;;;3*1T;;;;;;. The first-order valence-electron chi connectivity index (χ1n) is 39.1. The molecule has 0 bridgehead atoms. The third-order valence-corrected chi connectivity index (χ3v) is 34.2. The maximum Gasteiger partial charge on any atom is 0.215 e. The van der Waals surface area contributed by atoms with Crippen LogP contribution in [0.3, 0.4) is 0 Å². The van der Waals surface area contributed by atoms with Crippen LogP contribution in [0.4, 0.5) is 0 Å². The van der Waals surface area contributed by atoms with E-state index in [9.17, 15) is 0 Å². The van der Waals surface area contributed by atoms with Gasteiger partial charge in [0, 0.05) is 287 Å². The third-order valence-electron chi connectivity index (χ3n) is 18.6. The number of fused-ring (bicyclic) bond motifs is 1. The normalized spacial score (nSPS) is 11.4. The predicted molar refractivity (Wildman–Crippen MR) is 568 cm³/mol. The van der Waals surface area contributed by atoms with Crippen LogP contribution >= 0.6 is 188 Å². The van der Waals surface area contributed by atoms with E-state index in [-0.39, 0.29) is 137 Å². The van der Waals surface area contributed by atoms with Crippen LogP contribution < -0.4 is 28.4 Å². The molecular formula is C94H100O9P6S12V6. The third kappa shape index (κ3) is 30.8. The topological polar surface area (TPSA) is 116 Å². The Kier molecular flexibility index (Phi) is 51.1. The molecule has 0 spiro atoms. The first kappa shape index (κ1) is 112. The summed E-state index contributed by atoms with van der Waals surface area (Å²) < 4.78 is 54.5. The Labute approximate surface area is 886 Å². The number of allylic oxidation sites excluding steroid dienone is 3. The molecule has 6 unspecified atom stereocenters. The predicted octanol–water partition coefficient (Wildman–Crippen LogP) is 33.8. The summed E-state index contributed by atoms with van der Waals surface area (Å²) >= 11 is 22.5. The summed E-state index contributed by atoms with van der Waals surface area (Å²) in [7, 11) is 17.7. The Morgan fingerprint density at radius 3 is 0.843 bits per heavy atom. The minimum Gasteiger partial charge on any atom is -0.496 e.